The maximum Gasteiger partial charge on any atom is 0.238 e. The molecule has 63 heavy (non-hydrogen) atoms. The minimum Gasteiger partial charge on any atom is -0.455 e. The second-order valence-corrected chi connectivity index (χ2v) is 15.5. The quantitative estimate of drug-likeness (QED) is 0.168. The van der Waals surface area contributed by atoms with Gasteiger partial charge in [0.2, 0.25) is 5.95 Å². The molecule has 0 spiro atoms. The Bertz CT molecular complexity index is 4210. The highest BCUT2D eigenvalue weighted by Gasteiger charge is 2.23. The van der Waals surface area contributed by atoms with E-state index in [1.807, 2.05) is 121 Å². The van der Waals surface area contributed by atoms with E-state index in [0.717, 1.165) is 49.3 Å². The van der Waals surface area contributed by atoms with Crippen LogP contribution in [0.25, 0.3) is 122 Å². The third-order valence-corrected chi connectivity index (χ3v) is 12.0. The highest BCUT2D eigenvalue weighted by Crippen LogP contribution is 2.43. The molecule has 0 aliphatic carbocycles. The lowest BCUT2D eigenvalue weighted by atomic mass is 9.98. The van der Waals surface area contributed by atoms with Gasteiger partial charge in [-0.15, -0.1) is 0 Å². The fourth-order valence-electron chi connectivity index (χ4n) is 9.11. The van der Waals surface area contributed by atoms with Crippen LogP contribution in [0.5, 0.6) is 0 Å². The van der Waals surface area contributed by atoms with E-state index in [-0.39, 0.29) is 58.1 Å². The number of rotatable bonds is 6. The maximum atomic E-state index is 9.30. The van der Waals surface area contributed by atoms with E-state index in [1.165, 1.54) is 12.1 Å². The molecular weight excluding hydrogens is 771 g/mol. The third kappa shape index (κ3) is 5.55. The van der Waals surface area contributed by atoms with Crippen molar-refractivity contribution in [1.29, 1.82) is 0 Å². The van der Waals surface area contributed by atoms with Crippen molar-refractivity contribution in [1.82, 2.24) is 24.1 Å². The van der Waals surface area contributed by atoms with Crippen LogP contribution in [-0.4, -0.2) is 24.1 Å². The van der Waals surface area contributed by atoms with Gasteiger partial charge in [-0.05, 0) is 65.7 Å². The summed E-state index contributed by atoms with van der Waals surface area (Å²) in [4.78, 5) is 15.7. The molecule has 6 heteroatoms. The Morgan fingerprint density at radius 3 is 1.79 bits per heavy atom. The molecular formula is C57H35N5O. The van der Waals surface area contributed by atoms with Crippen LogP contribution in [0.1, 0.15) is 8.22 Å². The first-order valence-electron chi connectivity index (χ1n) is 23.7. The standard InChI is InChI=1S/C57H35N5O/c1-3-16-36(17-4-1)38-30-32-52-46(34-38)42-22-9-13-28-50(42)62(52)57-59-55(37-18-5-2-6-19-37)58-56(60-57)39-31-33-51(61-48-26-11-7-20-40(48)41-21-8-12-27-49(41)61)47(35-39)45-25-15-24-44-43-23-10-14-29-53(43)63-54(44)45/h1-35H/i7D,8D,20D,21D,26D,27D. The first-order valence-corrected chi connectivity index (χ1v) is 20.7. The normalized spacial score (nSPS) is 13.1. The van der Waals surface area contributed by atoms with Crippen LogP contribution in [-0.2, 0) is 0 Å². The summed E-state index contributed by atoms with van der Waals surface area (Å²) in [7, 11) is 0. The molecule has 0 N–H and O–H groups in total. The lowest BCUT2D eigenvalue weighted by Gasteiger charge is -2.16. The molecule has 13 rings (SSSR count). The zero-order chi connectivity index (χ0) is 46.7. The summed E-state index contributed by atoms with van der Waals surface area (Å²) in [6.07, 6.45) is 0. The van der Waals surface area contributed by atoms with Gasteiger partial charge in [0.25, 0.3) is 0 Å². The molecule has 9 aromatic carbocycles. The van der Waals surface area contributed by atoms with E-state index in [2.05, 4.69) is 47.0 Å². The van der Waals surface area contributed by atoms with Crippen molar-refractivity contribution in [2.45, 2.75) is 0 Å². The van der Waals surface area contributed by atoms with Gasteiger partial charge in [-0.1, -0.05) is 158 Å². The summed E-state index contributed by atoms with van der Waals surface area (Å²) in [5, 5.41) is 4.27. The van der Waals surface area contributed by atoms with Crippen LogP contribution in [0, 0.1) is 0 Å². The Kier molecular flexibility index (Phi) is 6.56. The van der Waals surface area contributed by atoms with Crippen molar-refractivity contribution in [3.05, 3.63) is 212 Å². The average Bonchev–Trinajstić information content (AvgIpc) is 4.06. The number of furan rings is 1. The molecule has 6 nitrogen and oxygen atoms in total. The predicted molar refractivity (Wildman–Crippen MR) is 258 cm³/mol. The molecule has 0 saturated carbocycles. The van der Waals surface area contributed by atoms with Crippen LogP contribution >= 0.6 is 0 Å². The minimum absolute atomic E-state index is 0.0545. The Hall–Kier alpha value is -8.61. The first kappa shape index (κ1) is 29.6. The fraction of sp³-hybridized carbons (Fsp3) is 0. The number of fused-ring (bicyclic) bond motifs is 9. The Labute approximate surface area is 370 Å². The van der Waals surface area contributed by atoms with Crippen LogP contribution < -0.4 is 0 Å². The van der Waals surface area contributed by atoms with Gasteiger partial charge in [0, 0.05) is 54.6 Å². The van der Waals surface area contributed by atoms with Crippen LogP contribution in [0.3, 0.4) is 0 Å². The van der Waals surface area contributed by atoms with Gasteiger partial charge in [0.15, 0.2) is 11.6 Å². The van der Waals surface area contributed by atoms with Crippen molar-refractivity contribution < 1.29 is 12.6 Å². The average molecular weight is 812 g/mol. The van der Waals surface area contributed by atoms with Crippen LogP contribution in [0.15, 0.2) is 217 Å². The van der Waals surface area contributed by atoms with E-state index < -0.39 is 0 Å². The second-order valence-electron chi connectivity index (χ2n) is 15.5. The highest BCUT2D eigenvalue weighted by molar-refractivity contribution is 6.13. The van der Waals surface area contributed by atoms with E-state index >= 15 is 0 Å². The summed E-state index contributed by atoms with van der Waals surface area (Å²) in [6.45, 7) is 0. The zero-order valence-corrected chi connectivity index (χ0v) is 33.4. The lowest BCUT2D eigenvalue weighted by Crippen LogP contribution is -2.06. The number of aromatic nitrogens is 5. The van der Waals surface area contributed by atoms with E-state index in [0.29, 0.717) is 51.1 Å². The van der Waals surface area contributed by atoms with Crippen molar-refractivity contribution in [3.8, 4) is 56.7 Å². The first-order chi connectivity index (χ1) is 33.7. The largest absolute Gasteiger partial charge is 0.455 e. The number of para-hydroxylation sites is 5. The monoisotopic (exact) mass is 811 g/mol. The summed E-state index contributed by atoms with van der Waals surface area (Å²) in [5.41, 5.74) is 9.18. The SMILES string of the molecule is [2H]c1cc([2H])c2c(c1[2H])c1c([2H])c([2H])cc([2H])c1n2-c1ccc(-c2nc(-c3ccccc3)nc(-n3c4ccccc4c4cc(-c5ccccc5)ccc43)n2)cc1-c1cccc2c1oc1ccccc12. The van der Waals surface area contributed by atoms with Crippen molar-refractivity contribution in [2.24, 2.45) is 0 Å². The molecule has 4 aromatic heterocycles. The topological polar surface area (TPSA) is 61.7 Å². The summed E-state index contributed by atoms with van der Waals surface area (Å²) < 4.78 is 64.6. The van der Waals surface area contributed by atoms with Crippen molar-refractivity contribution in [2.75, 3.05) is 0 Å². The molecule has 0 atom stereocenters. The van der Waals surface area contributed by atoms with Crippen LogP contribution in [0.4, 0.5) is 0 Å². The van der Waals surface area contributed by atoms with Gasteiger partial charge in [-0.3, -0.25) is 4.57 Å². The van der Waals surface area contributed by atoms with Crippen LogP contribution in [0.2, 0.25) is 0 Å². The minimum atomic E-state index is -0.187. The molecule has 0 saturated heterocycles. The molecule has 0 aliphatic heterocycles. The predicted octanol–water partition coefficient (Wildman–Crippen LogP) is 14.6. The number of nitrogens with zero attached hydrogens (tertiary/aromatic N) is 5. The van der Waals surface area contributed by atoms with Gasteiger partial charge in [-0.2, -0.15) is 9.97 Å². The van der Waals surface area contributed by atoms with Crippen molar-refractivity contribution in [3.63, 3.8) is 0 Å². The van der Waals surface area contributed by atoms with Gasteiger partial charge in [-0.25, -0.2) is 4.98 Å². The molecule has 0 fully saturated rings. The van der Waals surface area contributed by atoms with Gasteiger partial charge >= 0.3 is 0 Å². The summed E-state index contributed by atoms with van der Waals surface area (Å²) >= 11 is 0. The molecule has 0 unspecified atom stereocenters. The highest BCUT2D eigenvalue weighted by atomic mass is 16.3. The zero-order valence-electron chi connectivity index (χ0n) is 39.4. The molecule has 4 heterocycles. The number of hydrogen-bond acceptors (Lipinski definition) is 4. The van der Waals surface area contributed by atoms with E-state index in [9.17, 15) is 2.74 Å². The molecule has 0 amide bonds. The summed E-state index contributed by atoms with van der Waals surface area (Å²) in [6, 6.07) is 56.2. The molecule has 294 valence electrons. The van der Waals surface area contributed by atoms with Gasteiger partial charge < -0.3 is 8.98 Å². The fourth-order valence-corrected chi connectivity index (χ4v) is 9.11. The van der Waals surface area contributed by atoms with E-state index in [1.54, 1.807) is 4.57 Å². The van der Waals surface area contributed by atoms with Crippen molar-refractivity contribution >= 4 is 65.6 Å². The Morgan fingerprint density at radius 1 is 0.381 bits per heavy atom. The molecule has 0 radical (unpaired) electrons. The summed E-state index contributed by atoms with van der Waals surface area (Å²) in [5.74, 6) is 1.28. The Balaban J connectivity index is 1.12. The second kappa shape index (κ2) is 14.0. The molecule has 13 aromatic rings. The number of benzene rings is 9. The van der Waals surface area contributed by atoms with Gasteiger partial charge in [0.1, 0.15) is 11.2 Å². The van der Waals surface area contributed by atoms with Gasteiger partial charge in [0.05, 0.1) is 36.0 Å². The molecule has 0 bridgehead atoms. The number of hydrogen-bond donors (Lipinski definition) is 0. The van der Waals surface area contributed by atoms with E-state index in [4.69, 9.17) is 24.9 Å². The third-order valence-electron chi connectivity index (χ3n) is 12.0. The lowest BCUT2D eigenvalue weighted by molar-refractivity contribution is 0.670. The maximum absolute atomic E-state index is 9.30. The molecule has 0 aliphatic rings. The Morgan fingerprint density at radius 2 is 1.02 bits per heavy atom. The smallest absolute Gasteiger partial charge is 0.238 e.